The van der Waals surface area contributed by atoms with Gasteiger partial charge in [0.2, 0.25) is 0 Å². The number of amides is 4. The van der Waals surface area contributed by atoms with Crippen LogP contribution in [0.1, 0.15) is 19.4 Å². The molecular weight excluding hydrogens is 411 g/mol. The number of rotatable bonds is 4. The fourth-order valence-corrected chi connectivity index (χ4v) is 3.96. The van der Waals surface area contributed by atoms with E-state index in [0.717, 1.165) is 12.1 Å². The van der Waals surface area contributed by atoms with Gasteiger partial charge in [0, 0.05) is 11.7 Å². The molecule has 0 aliphatic rings. The van der Waals surface area contributed by atoms with Gasteiger partial charge >= 0.3 is 18.2 Å². The maximum absolute atomic E-state index is 12.7. The first kappa shape index (κ1) is 22.2. The van der Waals surface area contributed by atoms with Gasteiger partial charge in [0.05, 0.1) is 10.5 Å². The molecule has 29 heavy (non-hydrogen) atoms. The van der Waals surface area contributed by atoms with Gasteiger partial charge in [0.25, 0.3) is 10.0 Å². The molecular formula is C18H18F3N3O4S. The summed E-state index contributed by atoms with van der Waals surface area (Å²) in [5.41, 5.74) is -1.20. The van der Waals surface area contributed by atoms with E-state index in [-0.39, 0.29) is 10.6 Å². The van der Waals surface area contributed by atoms with Gasteiger partial charge in [-0.25, -0.2) is 22.3 Å². The van der Waals surface area contributed by atoms with Crippen LogP contribution in [0, 0.1) is 0 Å². The van der Waals surface area contributed by atoms with Crippen molar-refractivity contribution in [2.45, 2.75) is 31.0 Å². The third kappa shape index (κ3) is 5.47. The Morgan fingerprint density at radius 3 is 2.17 bits per heavy atom. The van der Waals surface area contributed by atoms with Crippen molar-refractivity contribution in [1.82, 2.24) is 9.62 Å². The van der Waals surface area contributed by atoms with Crippen LogP contribution in [0.25, 0.3) is 0 Å². The lowest BCUT2D eigenvalue weighted by Crippen LogP contribution is -2.50. The van der Waals surface area contributed by atoms with E-state index in [9.17, 15) is 31.2 Å². The number of halogens is 3. The molecule has 0 saturated carbocycles. The Labute approximate surface area is 165 Å². The van der Waals surface area contributed by atoms with Crippen LogP contribution in [0.15, 0.2) is 59.5 Å². The monoisotopic (exact) mass is 429 g/mol. The topological polar surface area (TPSA) is 95.6 Å². The number of nitrogens with zero attached hydrogens (tertiary/aromatic N) is 1. The number of hydrogen-bond acceptors (Lipinski definition) is 4. The first-order chi connectivity index (χ1) is 13.4. The summed E-state index contributed by atoms with van der Waals surface area (Å²) in [5, 5.41) is 3.90. The highest BCUT2D eigenvalue weighted by Crippen LogP contribution is 2.30. The second kappa shape index (κ2) is 8.52. The normalized spacial score (nSPS) is 11.8. The van der Waals surface area contributed by atoms with Crippen LogP contribution < -0.4 is 10.6 Å². The van der Waals surface area contributed by atoms with Crippen LogP contribution in [0.5, 0.6) is 0 Å². The predicted octanol–water partition coefficient (Wildman–Crippen LogP) is 4.05. The van der Waals surface area contributed by atoms with Gasteiger partial charge in [-0.05, 0) is 44.2 Å². The summed E-state index contributed by atoms with van der Waals surface area (Å²) in [6.07, 6.45) is -4.61. The SMILES string of the molecule is CC(C)N(C(=O)NC(=O)Nc1cccc(C(F)(F)F)c1)S(=O)(=O)c1ccccc1. The van der Waals surface area contributed by atoms with Gasteiger partial charge in [-0.3, -0.25) is 5.32 Å². The Morgan fingerprint density at radius 1 is 1.00 bits per heavy atom. The molecule has 0 heterocycles. The molecule has 2 N–H and O–H groups in total. The lowest BCUT2D eigenvalue weighted by Gasteiger charge is -2.26. The lowest BCUT2D eigenvalue weighted by molar-refractivity contribution is -0.137. The van der Waals surface area contributed by atoms with Crippen LogP contribution in [0.3, 0.4) is 0 Å². The van der Waals surface area contributed by atoms with Gasteiger partial charge in [0.15, 0.2) is 0 Å². The molecule has 0 spiro atoms. The second-order valence-electron chi connectivity index (χ2n) is 6.17. The number of carbonyl (C=O) groups is 2. The van der Waals surface area contributed by atoms with Crippen molar-refractivity contribution in [3.05, 3.63) is 60.2 Å². The largest absolute Gasteiger partial charge is 0.416 e. The average Bonchev–Trinajstić information content (AvgIpc) is 2.61. The molecule has 0 aliphatic carbocycles. The van der Waals surface area contributed by atoms with E-state index in [0.29, 0.717) is 10.4 Å². The van der Waals surface area contributed by atoms with E-state index in [1.807, 2.05) is 5.32 Å². The molecule has 4 amide bonds. The van der Waals surface area contributed by atoms with Gasteiger partial charge in [0.1, 0.15) is 0 Å². The molecule has 0 radical (unpaired) electrons. The third-order valence-corrected chi connectivity index (χ3v) is 5.61. The van der Waals surface area contributed by atoms with E-state index in [2.05, 4.69) is 5.32 Å². The maximum Gasteiger partial charge on any atom is 0.416 e. The number of benzene rings is 2. The van der Waals surface area contributed by atoms with E-state index in [4.69, 9.17) is 0 Å². The van der Waals surface area contributed by atoms with Crippen molar-refractivity contribution in [2.24, 2.45) is 0 Å². The van der Waals surface area contributed by atoms with Crippen molar-refractivity contribution < 1.29 is 31.2 Å². The maximum atomic E-state index is 12.7. The molecule has 0 saturated heterocycles. The van der Waals surface area contributed by atoms with Crippen LogP contribution in [0.2, 0.25) is 0 Å². The summed E-state index contributed by atoms with van der Waals surface area (Å²) < 4.78 is 64.2. The van der Waals surface area contributed by atoms with Crippen molar-refractivity contribution in [1.29, 1.82) is 0 Å². The number of sulfonamides is 1. The number of carbonyl (C=O) groups excluding carboxylic acids is 2. The number of nitrogens with one attached hydrogen (secondary N) is 2. The van der Waals surface area contributed by atoms with Crippen molar-refractivity contribution in [3.8, 4) is 0 Å². The summed E-state index contributed by atoms with van der Waals surface area (Å²) in [4.78, 5) is 24.3. The van der Waals surface area contributed by atoms with Crippen molar-refractivity contribution in [2.75, 3.05) is 5.32 Å². The third-order valence-electron chi connectivity index (χ3n) is 3.64. The molecule has 156 valence electrons. The quantitative estimate of drug-likeness (QED) is 0.767. The summed E-state index contributed by atoms with van der Waals surface area (Å²) in [5.74, 6) is 0. The highest BCUT2D eigenvalue weighted by molar-refractivity contribution is 7.89. The number of imide groups is 1. The zero-order valence-electron chi connectivity index (χ0n) is 15.4. The molecule has 7 nitrogen and oxygen atoms in total. The van der Waals surface area contributed by atoms with Gasteiger partial charge < -0.3 is 5.32 Å². The van der Waals surface area contributed by atoms with E-state index < -0.39 is 39.9 Å². The number of alkyl halides is 3. The van der Waals surface area contributed by atoms with Crippen LogP contribution in [-0.4, -0.2) is 30.8 Å². The standard InChI is InChI=1S/C18H18F3N3O4S/c1-12(2)24(29(27,28)15-9-4-3-5-10-15)17(26)23-16(25)22-14-8-6-7-13(11-14)18(19,20)21/h3-12H,1-2H3,(H2,22,23,25,26). The first-order valence-electron chi connectivity index (χ1n) is 8.31. The zero-order valence-corrected chi connectivity index (χ0v) is 16.2. The predicted molar refractivity (Wildman–Crippen MR) is 99.6 cm³/mol. The minimum atomic E-state index is -4.61. The molecule has 2 rings (SSSR count). The molecule has 0 atom stereocenters. The number of anilines is 1. The number of urea groups is 2. The Morgan fingerprint density at radius 2 is 1.62 bits per heavy atom. The van der Waals surface area contributed by atoms with E-state index in [1.54, 1.807) is 6.07 Å². The highest BCUT2D eigenvalue weighted by atomic mass is 32.2. The summed E-state index contributed by atoms with van der Waals surface area (Å²) in [6.45, 7) is 2.87. The van der Waals surface area contributed by atoms with Crippen LogP contribution >= 0.6 is 0 Å². The summed E-state index contributed by atoms with van der Waals surface area (Å²) >= 11 is 0. The second-order valence-corrected chi connectivity index (χ2v) is 7.99. The van der Waals surface area contributed by atoms with E-state index >= 15 is 0 Å². The molecule has 0 aromatic heterocycles. The van der Waals surface area contributed by atoms with E-state index in [1.165, 1.54) is 44.2 Å². The average molecular weight is 429 g/mol. The Balaban J connectivity index is 2.18. The van der Waals surface area contributed by atoms with Crippen molar-refractivity contribution in [3.63, 3.8) is 0 Å². The molecule has 11 heteroatoms. The van der Waals surface area contributed by atoms with Gasteiger partial charge in [-0.15, -0.1) is 0 Å². The van der Waals surface area contributed by atoms with Crippen LogP contribution in [0.4, 0.5) is 28.4 Å². The zero-order chi connectivity index (χ0) is 21.8. The fraction of sp³-hybridized carbons (Fsp3) is 0.222. The minimum Gasteiger partial charge on any atom is -0.308 e. The molecule has 2 aromatic rings. The minimum absolute atomic E-state index is 0.151. The van der Waals surface area contributed by atoms with Gasteiger partial charge in [-0.1, -0.05) is 24.3 Å². The Bertz CT molecular complexity index is 993. The van der Waals surface area contributed by atoms with Gasteiger partial charge in [-0.2, -0.15) is 13.2 Å². The summed E-state index contributed by atoms with van der Waals surface area (Å²) in [6, 6.07) is 7.67. The van der Waals surface area contributed by atoms with Crippen LogP contribution in [-0.2, 0) is 16.2 Å². The Kier molecular flexibility index (Phi) is 6.52. The molecule has 0 aliphatic heterocycles. The first-order valence-corrected chi connectivity index (χ1v) is 9.75. The lowest BCUT2D eigenvalue weighted by atomic mass is 10.2. The number of hydrogen-bond donors (Lipinski definition) is 2. The van der Waals surface area contributed by atoms with Crippen molar-refractivity contribution >= 4 is 27.8 Å². The summed E-state index contributed by atoms with van der Waals surface area (Å²) in [7, 11) is -4.25. The highest BCUT2D eigenvalue weighted by Gasteiger charge is 2.33. The smallest absolute Gasteiger partial charge is 0.308 e. The Hall–Kier alpha value is -3.08. The molecule has 2 aromatic carbocycles. The molecule has 0 fully saturated rings. The molecule has 0 unspecified atom stereocenters. The fourth-order valence-electron chi connectivity index (χ4n) is 2.42. The molecule has 0 bridgehead atoms.